The fourth-order valence-corrected chi connectivity index (χ4v) is 1.41. The Kier molecular flexibility index (Phi) is 3.23. The van der Waals surface area contributed by atoms with E-state index in [0.29, 0.717) is 12.3 Å². The number of Topliss-reactive ketones (excluding diaryl/α,β-unsaturated/α-hetero) is 1. The number of likely N-dealkylation sites (tertiary alicyclic amines) is 1. The summed E-state index contributed by atoms with van der Waals surface area (Å²) in [5.74, 6) is 0.478. The van der Waals surface area contributed by atoms with Gasteiger partial charge >= 0.3 is 0 Å². The Balaban J connectivity index is 2.28. The molecule has 0 spiro atoms. The van der Waals surface area contributed by atoms with Crippen LogP contribution in [0.4, 0.5) is 0 Å². The molecule has 1 fully saturated rings. The van der Waals surface area contributed by atoms with Crippen molar-refractivity contribution in [2.45, 2.75) is 26.3 Å². The Morgan fingerprint density at radius 2 is 2.33 bits per heavy atom. The van der Waals surface area contributed by atoms with Gasteiger partial charge in [-0.3, -0.25) is 9.69 Å². The number of nitrogens with two attached hydrogens (primary N) is 1. The Morgan fingerprint density at radius 3 is 2.75 bits per heavy atom. The first-order valence-corrected chi connectivity index (χ1v) is 4.60. The van der Waals surface area contributed by atoms with Crippen molar-refractivity contribution in [2.75, 3.05) is 19.6 Å². The Hall–Kier alpha value is -0.410. The SMILES string of the molecule is CC(C)C(=O)CN1CCC(N)C1. The summed E-state index contributed by atoms with van der Waals surface area (Å²) in [5.41, 5.74) is 5.72. The molecule has 2 N–H and O–H groups in total. The van der Waals surface area contributed by atoms with Crippen LogP contribution in [-0.2, 0) is 4.79 Å². The van der Waals surface area contributed by atoms with Gasteiger partial charge in [-0.15, -0.1) is 0 Å². The predicted molar refractivity (Wildman–Crippen MR) is 48.9 cm³/mol. The van der Waals surface area contributed by atoms with Crippen LogP contribution in [0.5, 0.6) is 0 Å². The molecule has 0 aromatic heterocycles. The van der Waals surface area contributed by atoms with Gasteiger partial charge in [0.25, 0.3) is 0 Å². The maximum atomic E-state index is 11.3. The molecule has 0 saturated carbocycles. The second kappa shape index (κ2) is 4.01. The highest BCUT2D eigenvalue weighted by atomic mass is 16.1. The highest BCUT2D eigenvalue weighted by Gasteiger charge is 2.21. The lowest BCUT2D eigenvalue weighted by atomic mass is 10.1. The lowest BCUT2D eigenvalue weighted by Crippen LogP contribution is -2.32. The van der Waals surface area contributed by atoms with Crippen LogP contribution in [0.3, 0.4) is 0 Å². The number of rotatable bonds is 3. The zero-order valence-electron chi connectivity index (χ0n) is 7.92. The van der Waals surface area contributed by atoms with Gasteiger partial charge in [0.05, 0.1) is 6.54 Å². The number of hydrogen-bond acceptors (Lipinski definition) is 3. The third-order valence-corrected chi connectivity index (χ3v) is 2.33. The van der Waals surface area contributed by atoms with Gasteiger partial charge in [0.15, 0.2) is 0 Å². The maximum absolute atomic E-state index is 11.3. The van der Waals surface area contributed by atoms with E-state index in [1.54, 1.807) is 0 Å². The van der Waals surface area contributed by atoms with Crippen LogP contribution in [0.1, 0.15) is 20.3 Å². The van der Waals surface area contributed by atoms with Crippen molar-refractivity contribution < 1.29 is 4.79 Å². The molecular weight excluding hydrogens is 152 g/mol. The van der Waals surface area contributed by atoms with Crippen LogP contribution < -0.4 is 5.73 Å². The number of carbonyl (C=O) groups excluding carboxylic acids is 1. The third-order valence-electron chi connectivity index (χ3n) is 2.33. The van der Waals surface area contributed by atoms with Crippen molar-refractivity contribution in [1.82, 2.24) is 4.90 Å². The molecule has 0 radical (unpaired) electrons. The summed E-state index contributed by atoms with van der Waals surface area (Å²) in [6.07, 6.45) is 1.03. The standard InChI is InChI=1S/C9H18N2O/c1-7(2)9(12)6-11-4-3-8(10)5-11/h7-8H,3-6,10H2,1-2H3. The molecule has 0 aromatic carbocycles. The second-order valence-electron chi connectivity index (χ2n) is 3.90. The fourth-order valence-electron chi connectivity index (χ4n) is 1.41. The lowest BCUT2D eigenvalue weighted by Gasteiger charge is -2.15. The van der Waals surface area contributed by atoms with Gasteiger partial charge in [0.1, 0.15) is 5.78 Å². The molecule has 1 aliphatic heterocycles. The monoisotopic (exact) mass is 170 g/mol. The molecule has 1 rings (SSSR count). The summed E-state index contributed by atoms with van der Waals surface area (Å²) in [7, 11) is 0. The van der Waals surface area contributed by atoms with Crippen LogP contribution >= 0.6 is 0 Å². The number of nitrogens with zero attached hydrogens (tertiary/aromatic N) is 1. The van der Waals surface area contributed by atoms with Crippen LogP contribution in [0.25, 0.3) is 0 Å². The molecule has 12 heavy (non-hydrogen) atoms. The van der Waals surface area contributed by atoms with E-state index in [1.807, 2.05) is 13.8 Å². The minimum absolute atomic E-state index is 0.154. The molecule has 1 aliphatic rings. The van der Waals surface area contributed by atoms with Crippen LogP contribution in [-0.4, -0.2) is 36.4 Å². The average Bonchev–Trinajstić information content (AvgIpc) is 2.35. The maximum Gasteiger partial charge on any atom is 0.149 e. The summed E-state index contributed by atoms with van der Waals surface area (Å²) < 4.78 is 0. The van der Waals surface area contributed by atoms with Gasteiger partial charge in [-0.05, 0) is 6.42 Å². The molecule has 70 valence electrons. The molecular formula is C9H18N2O. The van der Waals surface area contributed by atoms with Crippen molar-refractivity contribution in [2.24, 2.45) is 11.7 Å². The van der Waals surface area contributed by atoms with Gasteiger partial charge in [-0.25, -0.2) is 0 Å². The van der Waals surface area contributed by atoms with E-state index in [9.17, 15) is 4.79 Å². The van der Waals surface area contributed by atoms with Crippen molar-refractivity contribution in [3.63, 3.8) is 0 Å². The Labute approximate surface area is 73.9 Å². The van der Waals surface area contributed by atoms with Gasteiger partial charge in [0.2, 0.25) is 0 Å². The van der Waals surface area contributed by atoms with Crippen molar-refractivity contribution in [3.8, 4) is 0 Å². The van der Waals surface area contributed by atoms with Crippen LogP contribution in [0, 0.1) is 5.92 Å². The van der Waals surface area contributed by atoms with Gasteiger partial charge in [-0.1, -0.05) is 13.8 Å². The highest BCUT2D eigenvalue weighted by Crippen LogP contribution is 2.07. The summed E-state index contributed by atoms with van der Waals surface area (Å²) in [6.45, 7) is 6.35. The first-order valence-electron chi connectivity index (χ1n) is 4.60. The van der Waals surface area contributed by atoms with E-state index in [1.165, 1.54) is 0 Å². The topological polar surface area (TPSA) is 46.3 Å². The van der Waals surface area contributed by atoms with E-state index in [2.05, 4.69) is 4.90 Å². The number of ketones is 1. The fraction of sp³-hybridized carbons (Fsp3) is 0.889. The van der Waals surface area contributed by atoms with Crippen LogP contribution in [0.15, 0.2) is 0 Å². The van der Waals surface area contributed by atoms with Gasteiger partial charge < -0.3 is 5.73 Å². The minimum Gasteiger partial charge on any atom is -0.326 e. The highest BCUT2D eigenvalue weighted by molar-refractivity contribution is 5.82. The molecule has 0 aromatic rings. The average molecular weight is 170 g/mol. The molecule has 0 bridgehead atoms. The normalized spacial score (nSPS) is 25.2. The largest absolute Gasteiger partial charge is 0.326 e. The Bertz CT molecular complexity index is 168. The van der Waals surface area contributed by atoms with E-state index in [0.717, 1.165) is 19.5 Å². The quantitative estimate of drug-likeness (QED) is 0.660. The molecule has 3 nitrogen and oxygen atoms in total. The second-order valence-corrected chi connectivity index (χ2v) is 3.90. The third kappa shape index (κ3) is 2.57. The van der Waals surface area contributed by atoms with E-state index < -0.39 is 0 Å². The van der Waals surface area contributed by atoms with Gasteiger partial charge in [-0.2, -0.15) is 0 Å². The van der Waals surface area contributed by atoms with E-state index >= 15 is 0 Å². The molecule has 0 amide bonds. The van der Waals surface area contributed by atoms with Crippen molar-refractivity contribution >= 4 is 5.78 Å². The zero-order chi connectivity index (χ0) is 9.14. The van der Waals surface area contributed by atoms with Crippen LogP contribution in [0.2, 0.25) is 0 Å². The zero-order valence-corrected chi connectivity index (χ0v) is 7.92. The first-order chi connectivity index (χ1) is 5.59. The van der Waals surface area contributed by atoms with Crippen molar-refractivity contribution in [3.05, 3.63) is 0 Å². The van der Waals surface area contributed by atoms with E-state index in [4.69, 9.17) is 5.73 Å². The number of hydrogen-bond donors (Lipinski definition) is 1. The van der Waals surface area contributed by atoms with Gasteiger partial charge in [0, 0.05) is 25.0 Å². The molecule has 1 unspecified atom stereocenters. The molecule has 1 saturated heterocycles. The number of carbonyl (C=O) groups is 1. The first kappa shape index (κ1) is 9.68. The minimum atomic E-state index is 0.154. The van der Waals surface area contributed by atoms with Crippen molar-refractivity contribution in [1.29, 1.82) is 0 Å². The summed E-state index contributed by atoms with van der Waals surface area (Å²) in [6, 6.07) is 0.282. The molecule has 0 aliphatic carbocycles. The summed E-state index contributed by atoms with van der Waals surface area (Å²) in [5, 5.41) is 0. The molecule has 3 heteroatoms. The summed E-state index contributed by atoms with van der Waals surface area (Å²) >= 11 is 0. The Morgan fingerprint density at radius 1 is 1.67 bits per heavy atom. The predicted octanol–water partition coefficient (Wildman–Crippen LogP) is 0.244. The lowest BCUT2D eigenvalue weighted by molar-refractivity contribution is -0.122. The summed E-state index contributed by atoms with van der Waals surface area (Å²) in [4.78, 5) is 13.5. The van der Waals surface area contributed by atoms with E-state index in [-0.39, 0.29) is 12.0 Å². The smallest absolute Gasteiger partial charge is 0.149 e. The molecule has 1 atom stereocenters. The molecule has 1 heterocycles.